The van der Waals surface area contributed by atoms with Crippen LogP contribution < -0.4 is 5.32 Å². The fourth-order valence-electron chi connectivity index (χ4n) is 1.56. The summed E-state index contributed by atoms with van der Waals surface area (Å²) in [5, 5.41) is 12.2. The average Bonchev–Trinajstić information content (AvgIpc) is 2.31. The Morgan fingerprint density at radius 1 is 1.21 bits per heavy atom. The lowest BCUT2D eigenvalue weighted by Crippen LogP contribution is -2.25. The fraction of sp³-hybridized carbons (Fsp3) is 0.385. The van der Waals surface area contributed by atoms with E-state index in [0.717, 1.165) is 5.56 Å². The van der Waals surface area contributed by atoms with E-state index in [0.29, 0.717) is 29.3 Å². The predicted octanol–water partition coefficient (Wildman–Crippen LogP) is 2.91. The van der Waals surface area contributed by atoms with Crippen molar-refractivity contribution in [1.82, 2.24) is 5.32 Å². The number of hydrogen-bond donors (Lipinski definition) is 2. The van der Waals surface area contributed by atoms with Gasteiger partial charge in [0.15, 0.2) is 0 Å². The summed E-state index contributed by atoms with van der Waals surface area (Å²) in [6.07, 6.45) is 1.62. The fourth-order valence-corrected chi connectivity index (χ4v) is 2.06. The Morgan fingerprint density at radius 3 is 2.58 bits per heavy atom. The van der Waals surface area contributed by atoms with Gasteiger partial charge < -0.3 is 10.4 Å². The molecule has 0 aliphatic rings. The number of rotatable bonds is 7. The molecule has 0 heterocycles. The third kappa shape index (κ3) is 6.45. The van der Waals surface area contributed by atoms with Gasteiger partial charge in [-0.3, -0.25) is 9.59 Å². The quantitative estimate of drug-likeness (QED) is 0.814. The molecule has 0 aliphatic carbocycles. The highest BCUT2D eigenvalue weighted by atomic mass is 35.5. The summed E-state index contributed by atoms with van der Waals surface area (Å²) in [6.45, 7) is 0.163. The monoisotopic (exact) mass is 303 g/mol. The van der Waals surface area contributed by atoms with E-state index >= 15 is 0 Å². The number of carbonyl (C=O) groups is 2. The van der Waals surface area contributed by atoms with Crippen LogP contribution in [0.3, 0.4) is 0 Å². The van der Waals surface area contributed by atoms with Crippen molar-refractivity contribution < 1.29 is 14.7 Å². The number of benzene rings is 1. The van der Waals surface area contributed by atoms with Crippen LogP contribution in [0.15, 0.2) is 18.2 Å². The first-order valence-corrected chi connectivity index (χ1v) is 6.67. The molecule has 6 heteroatoms. The lowest BCUT2D eigenvalue weighted by Gasteiger charge is -2.05. The number of aryl methyl sites for hydroxylation is 1. The molecule has 0 spiro atoms. The normalized spacial score (nSPS) is 10.2. The first kappa shape index (κ1) is 15.8. The molecular weight excluding hydrogens is 289 g/mol. The van der Waals surface area contributed by atoms with Crippen molar-refractivity contribution in [2.45, 2.75) is 25.7 Å². The van der Waals surface area contributed by atoms with Crippen LogP contribution in [0.2, 0.25) is 10.0 Å². The number of halogens is 2. The first-order chi connectivity index (χ1) is 8.99. The highest BCUT2D eigenvalue weighted by Gasteiger charge is 2.05. The number of carboxylic acid groups (broad SMARTS) is 1. The van der Waals surface area contributed by atoms with Crippen molar-refractivity contribution >= 4 is 35.1 Å². The van der Waals surface area contributed by atoms with Gasteiger partial charge in [-0.25, -0.2) is 0 Å². The van der Waals surface area contributed by atoms with Crippen molar-refractivity contribution in [3.05, 3.63) is 33.8 Å². The number of carboxylic acids is 1. The maximum absolute atomic E-state index is 11.4. The molecule has 0 radical (unpaired) electrons. The topological polar surface area (TPSA) is 66.4 Å². The maximum atomic E-state index is 11.4. The number of nitrogens with one attached hydrogen (secondary N) is 1. The summed E-state index contributed by atoms with van der Waals surface area (Å²) >= 11 is 11.8. The van der Waals surface area contributed by atoms with E-state index < -0.39 is 5.97 Å². The largest absolute Gasteiger partial charge is 0.481 e. The molecule has 0 saturated heterocycles. The van der Waals surface area contributed by atoms with Crippen LogP contribution in [-0.4, -0.2) is 23.5 Å². The lowest BCUT2D eigenvalue weighted by atomic mass is 10.1. The van der Waals surface area contributed by atoms with Crippen molar-refractivity contribution in [3.63, 3.8) is 0 Å². The van der Waals surface area contributed by atoms with E-state index in [4.69, 9.17) is 28.3 Å². The zero-order valence-corrected chi connectivity index (χ0v) is 11.8. The summed E-state index contributed by atoms with van der Waals surface area (Å²) < 4.78 is 0. The van der Waals surface area contributed by atoms with Crippen LogP contribution in [0.1, 0.15) is 24.8 Å². The SMILES string of the molecule is O=C(O)CCNC(=O)CCCc1ccc(Cl)cc1Cl. The Morgan fingerprint density at radius 2 is 1.95 bits per heavy atom. The van der Waals surface area contributed by atoms with Gasteiger partial charge in [0.2, 0.25) is 5.91 Å². The Bertz CT molecular complexity index is 463. The van der Waals surface area contributed by atoms with Crippen molar-refractivity contribution in [2.24, 2.45) is 0 Å². The molecule has 19 heavy (non-hydrogen) atoms. The molecule has 2 N–H and O–H groups in total. The van der Waals surface area contributed by atoms with Gasteiger partial charge in [0.05, 0.1) is 6.42 Å². The summed E-state index contributed by atoms with van der Waals surface area (Å²) in [4.78, 5) is 21.7. The second-order valence-corrected chi connectivity index (χ2v) is 4.93. The first-order valence-electron chi connectivity index (χ1n) is 5.91. The van der Waals surface area contributed by atoms with E-state index in [2.05, 4.69) is 5.32 Å². The minimum absolute atomic E-state index is 0.0608. The van der Waals surface area contributed by atoms with Crippen molar-refractivity contribution in [3.8, 4) is 0 Å². The molecular formula is C13H15Cl2NO3. The van der Waals surface area contributed by atoms with Gasteiger partial charge in [-0.05, 0) is 30.5 Å². The van der Waals surface area contributed by atoms with Gasteiger partial charge in [0.1, 0.15) is 0 Å². The standard InChI is InChI=1S/C13H15Cl2NO3/c14-10-5-4-9(11(15)8-10)2-1-3-12(17)16-7-6-13(18)19/h4-5,8H,1-3,6-7H2,(H,16,17)(H,18,19). The second kappa shape index (κ2) is 8.02. The summed E-state index contributed by atoms with van der Waals surface area (Å²) in [7, 11) is 0. The van der Waals surface area contributed by atoms with Gasteiger partial charge in [-0.2, -0.15) is 0 Å². The molecule has 1 aromatic rings. The second-order valence-electron chi connectivity index (χ2n) is 4.08. The molecule has 1 aromatic carbocycles. The van der Waals surface area contributed by atoms with E-state index in [-0.39, 0.29) is 18.9 Å². The summed E-state index contributed by atoms with van der Waals surface area (Å²) in [5.74, 6) is -1.07. The maximum Gasteiger partial charge on any atom is 0.305 e. The van der Waals surface area contributed by atoms with Gasteiger partial charge >= 0.3 is 5.97 Å². The highest BCUT2D eigenvalue weighted by molar-refractivity contribution is 6.35. The van der Waals surface area contributed by atoms with Crippen LogP contribution in [0.4, 0.5) is 0 Å². The Balaban J connectivity index is 2.26. The van der Waals surface area contributed by atoms with Crippen molar-refractivity contribution in [1.29, 1.82) is 0 Å². The van der Waals surface area contributed by atoms with Crippen LogP contribution in [0.5, 0.6) is 0 Å². The third-order valence-corrected chi connectivity index (χ3v) is 3.11. The van der Waals surface area contributed by atoms with E-state index in [1.165, 1.54) is 0 Å². The Labute approximate surface area is 121 Å². The van der Waals surface area contributed by atoms with Gasteiger partial charge in [-0.15, -0.1) is 0 Å². The van der Waals surface area contributed by atoms with E-state index in [1.807, 2.05) is 6.07 Å². The molecule has 0 saturated carbocycles. The molecule has 4 nitrogen and oxygen atoms in total. The minimum Gasteiger partial charge on any atom is -0.481 e. The Kier molecular flexibility index (Phi) is 6.67. The van der Waals surface area contributed by atoms with Gasteiger partial charge in [-0.1, -0.05) is 29.3 Å². The third-order valence-electron chi connectivity index (χ3n) is 2.53. The van der Waals surface area contributed by atoms with Crippen molar-refractivity contribution in [2.75, 3.05) is 6.54 Å². The summed E-state index contributed by atoms with van der Waals surface area (Å²) in [5.41, 5.74) is 0.949. The smallest absolute Gasteiger partial charge is 0.305 e. The highest BCUT2D eigenvalue weighted by Crippen LogP contribution is 2.22. The number of carbonyl (C=O) groups excluding carboxylic acids is 1. The molecule has 0 atom stereocenters. The molecule has 0 bridgehead atoms. The lowest BCUT2D eigenvalue weighted by molar-refractivity contribution is -0.136. The summed E-state index contributed by atoms with van der Waals surface area (Å²) in [6, 6.07) is 5.27. The van der Waals surface area contributed by atoms with E-state index in [1.54, 1.807) is 12.1 Å². The zero-order chi connectivity index (χ0) is 14.3. The van der Waals surface area contributed by atoms with Crippen LogP contribution in [-0.2, 0) is 16.0 Å². The zero-order valence-electron chi connectivity index (χ0n) is 10.3. The van der Waals surface area contributed by atoms with Crippen LogP contribution in [0, 0.1) is 0 Å². The minimum atomic E-state index is -0.923. The Hall–Kier alpha value is -1.26. The van der Waals surface area contributed by atoms with Crippen LogP contribution in [0.25, 0.3) is 0 Å². The van der Waals surface area contributed by atoms with Gasteiger partial charge in [0.25, 0.3) is 0 Å². The molecule has 104 valence electrons. The molecule has 0 aliphatic heterocycles. The average molecular weight is 304 g/mol. The molecule has 0 fully saturated rings. The molecule has 1 amide bonds. The molecule has 0 unspecified atom stereocenters. The predicted molar refractivity (Wildman–Crippen MR) is 74.7 cm³/mol. The van der Waals surface area contributed by atoms with E-state index in [9.17, 15) is 9.59 Å². The number of hydrogen-bond acceptors (Lipinski definition) is 2. The number of amides is 1. The van der Waals surface area contributed by atoms with Crippen LogP contribution >= 0.6 is 23.2 Å². The van der Waals surface area contributed by atoms with Gasteiger partial charge in [0, 0.05) is 23.0 Å². The molecule has 1 rings (SSSR count). The number of aliphatic carboxylic acids is 1. The molecule has 0 aromatic heterocycles.